The Morgan fingerprint density at radius 2 is 1.71 bits per heavy atom. The standard InChI is InChI=1S/C15H23F3N2O/c16-15(17,18)11-5-7-20(8-6-11)13-9-10-3-1-2-4-12(10)19-14(13)21/h10-13H,1-9H2,(H,19,21)/t10-,12-,13-/m1/s1. The van der Waals surface area contributed by atoms with E-state index in [2.05, 4.69) is 5.32 Å². The lowest BCUT2D eigenvalue weighted by Gasteiger charge is -2.45. The monoisotopic (exact) mass is 304 g/mol. The Kier molecular flexibility index (Phi) is 4.17. The van der Waals surface area contributed by atoms with E-state index in [1.165, 1.54) is 12.8 Å². The van der Waals surface area contributed by atoms with E-state index in [1.807, 2.05) is 4.90 Å². The summed E-state index contributed by atoms with van der Waals surface area (Å²) >= 11 is 0. The van der Waals surface area contributed by atoms with Crippen molar-refractivity contribution in [2.45, 2.75) is 63.2 Å². The van der Waals surface area contributed by atoms with Crippen molar-refractivity contribution in [2.75, 3.05) is 13.1 Å². The lowest BCUT2D eigenvalue weighted by molar-refractivity contribution is -0.186. The minimum absolute atomic E-state index is 0.0311. The number of carbonyl (C=O) groups excluding carboxylic acids is 1. The molecule has 1 aliphatic carbocycles. The van der Waals surface area contributed by atoms with Crippen molar-refractivity contribution in [3.8, 4) is 0 Å². The van der Waals surface area contributed by atoms with E-state index >= 15 is 0 Å². The molecule has 21 heavy (non-hydrogen) atoms. The second-order valence-electron chi connectivity index (χ2n) is 6.76. The molecule has 2 aliphatic heterocycles. The highest BCUT2D eigenvalue weighted by atomic mass is 19.4. The highest BCUT2D eigenvalue weighted by Crippen LogP contribution is 2.37. The van der Waals surface area contributed by atoms with E-state index in [9.17, 15) is 18.0 Å². The van der Waals surface area contributed by atoms with E-state index in [4.69, 9.17) is 0 Å². The molecule has 3 atom stereocenters. The SMILES string of the molecule is O=C1N[C@@H]2CCCC[C@@H]2C[C@H]1N1CCC(C(F)(F)F)CC1. The van der Waals surface area contributed by atoms with Crippen LogP contribution in [0.25, 0.3) is 0 Å². The van der Waals surface area contributed by atoms with Crippen LogP contribution in [0.3, 0.4) is 0 Å². The first kappa shape index (κ1) is 15.1. The summed E-state index contributed by atoms with van der Waals surface area (Å²) in [5.41, 5.74) is 0. The second kappa shape index (κ2) is 5.78. The highest BCUT2D eigenvalue weighted by Gasteiger charge is 2.44. The van der Waals surface area contributed by atoms with Crippen molar-refractivity contribution in [1.29, 1.82) is 0 Å². The first-order valence-electron chi connectivity index (χ1n) is 8.06. The maximum Gasteiger partial charge on any atom is 0.391 e. The van der Waals surface area contributed by atoms with Crippen LogP contribution >= 0.6 is 0 Å². The molecule has 6 heteroatoms. The summed E-state index contributed by atoms with van der Waals surface area (Å²) in [6.07, 6.45) is 1.56. The zero-order valence-corrected chi connectivity index (χ0v) is 12.2. The molecule has 3 nitrogen and oxygen atoms in total. The van der Waals surface area contributed by atoms with Crippen molar-refractivity contribution in [2.24, 2.45) is 11.8 Å². The smallest absolute Gasteiger partial charge is 0.352 e. The van der Waals surface area contributed by atoms with E-state index in [0.717, 1.165) is 19.3 Å². The fourth-order valence-electron chi connectivity index (χ4n) is 4.21. The molecule has 0 spiro atoms. The number of carbonyl (C=O) groups is 1. The molecule has 0 aromatic rings. The number of alkyl halides is 3. The van der Waals surface area contributed by atoms with Crippen molar-refractivity contribution in [3.05, 3.63) is 0 Å². The topological polar surface area (TPSA) is 32.3 Å². The molecule has 1 amide bonds. The summed E-state index contributed by atoms with van der Waals surface area (Å²) < 4.78 is 38.1. The summed E-state index contributed by atoms with van der Waals surface area (Å²) in [6, 6.07) is 0.0914. The lowest BCUT2D eigenvalue weighted by Crippen LogP contribution is -2.59. The molecule has 3 aliphatic rings. The number of hydrogen-bond donors (Lipinski definition) is 1. The highest BCUT2D eigenvalue weighted by molar-refractivity contribution is 5.83. The Morgan fingerprint density at radius 3 is 2.38 bits per heavy atom. The van der Waals surface area contributed by atoms with Crippen LogP contribution in [-0.4, -0.2) is 42.2 Å². The van der Waals surface area contributed by atoms with Gasteiger partial charge < -0.3 is 5.32 Å². The number of likely N-dealkylation sites (tertiary alicyclic amines) is 1. The van der Waals surface area contributed by atoms with E-state index in [0.29, 0.717) is 25.0 Å². The van der Waals surface area contributed by atoms with Gasteiger partial charge in [-0.2, -0.15) is 13.2 Å². The summed E-state index contributed by atoms with van der Waals surface area (Å²) in [7, 11) is 0. The third-order valence-corrected chi connectivity index (χ3v) is 5.50. The molecule has 2 heterocycles. The van der Waals surface area contributed by atoms with Gasteiger partial charge in [-0.25, -0.2) is 0 Å². The molecule has 0 aromatic carbocycles. The summed E-state index contributed by atoms with van der Waals surface area (Å²) in [4.78, 5) is 14.2. The fourth-order valence-corrected chi connectivity index (χ4v) is 4.21. The number of halogens is 3. The van der Waals surface area contributed by atoms with Crippen LogP contribution in [0.2, 0.25) is 0 Å². The molecule has 120 valence electrons. The number of piperidine rings is 2. The normalized spacial score (nSPS) is 36.1. The van der Waals surface area contributed by atoms with Gasteiger partial charge in [0.15, 0.2) is 0 Å². The zero-order chi connectivity index (χ0) is 15.0. The Balaban J connectivity index is 1.59. The molecule has 0 aromatic heterocycles. The molecular weight excluding hydrogens is 281 g/mol. The van der Waals surface area contributed by atoms with Gasteiger partial charge in [0.05, 0.1) is 12.0 Å². The lowest BCUT2D eigenvalue weighted by atomic mass is 9.77. The van der Waals surface area contributed by atoms with Gasteiger partial charge in [-0.05, 0) is 51.1 Å². The van der Waals surface area contributed by atoms with Crippen LogP contribution in [0.5, 0.6) is 0 Å². The van der Waals surface area contributed by atoms with Gasteiger partial charge in [0.1, 0.15) is 0 Å². The Hall–Kier alpha value is -0.780. The van der Waals surface area contributed by atoms with E-state index in [1.54, 1.807) is 0 Å². The predicted octanol–water partition coefficient (Wildman–Crippen LogP) is 2.71. The van der Waals surface area contributed by atoms with Gasteiger partial charge in [0.25, 0.3) is 0 Å². The first-order valence-corrected chi connectivity index (χ1v) is 8.06. The molecule has 0 bridgehead atoms. The average molecular weight is 304 g/mol. The van der Waals surface area contributed by atoms with Crippen molar-refractivity contribution < 1.29 is 18.0 Å². The number of nitrogens with one attached hydrogen (secondary N) is 1. The molecule has 3 fully saturated rings. The Labute approximate surface area is 123 Å². The fraction of sp³-hybridized carbons (Fsp3) is 0.933. The maximum atomic E-state index is 12.7. The number of amides is 1. The van der Waals surface area contributed by atoms with Crippen LogP contribution in [0.4, 0.5) is 13.2 Å². The summed E-state index contributed by atoms with van der Waals surface area (Å²) in [5.74, 6) is -0.645. The Bertz CT molecular complexity index is 391. The second-order valence-corrected chi connectivity index (χ2v) is 6.76. The summed E-state index contributed by atoms with van der Waals surface area (Å²) in [5, 5.41) is 3.10. The molecule has 1 N–H and O–H groups in total. The van der Waals surface area contributed by atoms with Gasteiger partial charge in [-0.15, -0.1) is 0 Å². The van der Waals surface area contributed by atoms with Crippen LogP contribution in [-0.2, 0) is 4.79 Å². The molecule has 0 unspecified atom stereocenters. The van der Waals surface area contributed by atoms with Crippen molar-refractivity contribution >= 4 is 5.91 Å². The average Bonchev–Trinajstić information content (AvgIpc) is 2.46. The van der Waals surface area contributed by atoms with Crippen molar-refractivity contribution in [3.63, 3.8) is 0 Å². The van der Waals surface area contributed by atoms with Gasteiger partial charge >= 0.3 is 6.18 Å². The van der Waals surface area contributed by atoms with Crippen LogP contribution in [0.1, 0.15) is 44.9 Å². The first-order chi connectivity index (χ1) is 9.95. The molecule has 2 saturated heterocycles. The van der Waals surface area contributed by atoms with Gasteiger partial charge in [-0.3, -0.25) is 9.69 Å². The number of fused-ring (bicyclic) bond motifs is 1. The zero-order valence-electron chi connectivity index (χ0n) is 12.2. The van der Waals surface area contributed by atoms with Crippen LogP contribution in [0.15, 0.2) is 0 Å². The van der Waals surface area contributed by atoms with E-state index in [-0.39, 0.29) is 24.8 Å². The van der Waals surface area contributed by atoms with Gasteiger partial charge in [0, 0.05) is 6.04 Å². The summed E-state index contributed by atoms with van der Waals surface area (Å²) in [6.45, 7) is 0.777. The predicted molar refractivity (Wildman–Crippen MR) is 72.6 cm³/mol. The molecule has 0 radical (unpaired) electrons. The Morgan fingerprint density at radius 1 is 1.05 bits per heavy atom. The van der Waals surface area contributed by atoms with Crippen LogP contribution in [0, 0.1) is 11.8 Å². The molecule has 3 rings (SSSR count). The molecular formula is C15H23F3N2O. The maximum absolute atomic E-state index is 12.7. The van der Waals surface area contributed by atoms with Crippen LogP contribution < -0.4 is 5.32 Å². The third kappa shape index (κ3) is 3.20. The third-order valence-electron chi connectivity index (χ3n) is 5.50. The molecule has 1 saturated carbocycles. The largest absolute Gasteiger partial charge is 0.391 e. The quantitative estimate of drug-likeness (QED) is 0.808. The number of rotatable bonds is 1. The van der Waals surface area contributed by atoms with Gasteiger partial charge in [0.2, 0.25) is 5.91 Å². The minimum Gasteiger partial charge on any atom is -0.352 e. The minimum atomic E-state index is -4.09. The van der Waals surface area contributed by atoms with Crippen molar-refractivity contribution in [1.82, 2.24) is 10.2 Å². The van der Waals surface area contributed by atoms with E-state index < -0.39 is 12.1 Å². The number of nitrogens with zero attached hydrogens (tertiary/aromatic N) is 1. The van der Waals surface area contributed by atoms with Gasteiger partial charge in [-0.1, -0.05) is 12.8 Å². The number of hydrogen-bond acceptors (Lipinski definition) is 2.